The molecule has 4 atom stereocenters. The first-order valence-electron chi connectivity index (χ1n) is 10.1. The van der Waals surface area contributed by atoms with Gasteiger partial charge in [0.05, 0.1) is 18.0 Å². The molecule has 29 heavy (non-hydrogen) atoms. The number of pyridine rings is 1. The number of fused-ring (bicyclic) bond motifs is 7. The highest BCUT2D eigenvalue weighted by molar-refractivity contribution is 5.67. The first-order chi connectivity index (χ1) is 14.0. The largest absolute Gasteiger partial charge is 0.475 e. The number of halogens is 1. The smallest absolute Gasteiger partial charge is 0.407 e. The van der Waals surface area contributed by atoms with Crippen LogP contribution >= 0.6 is 0 Å². The summed E-state index contributed by atoms with van der Waals surface area (Å²) in [7, 11) is 0. The number of anilines is 2. The molecule has 1 aliphatic heterocycles. The average molecular weight is 403 g/mol. The molecule has 0 spiro atoms. The number of hydrogen-bond acceptors (Lipinski definition) is 6. The molecule has 2 aliphatic rings. The van der Waals surface area contributed by atoms with Crippen molar-refractivity contribution in [2.75, 3.05) is 5.32 Å². The first kappa shape index (κ1) is 19.5. The summed E-state index contributed by atoms with van der Waals surface area (Å²) in [6.45, 7) is 3.86. The number of nitrogens with one attached hydrogen (secondary N) is 3. The molecule has 8 nitrogen and oxygen atoms in total. The van der Waals surface area contributed by atoms with Crippen molar-refractivity contribution in [3.8, 4) is 5.88 Å². The van der Waals surface area contributed by atoms with Gasteiger partial charge in [0, 0.05) is 29.8 Å². The monoisotopic (exact) mass is 403 g/mol. The molecule has 156 valence electrons. The van der Waals surface area contributed by atoms with E-state index in [2.05, 4.69) is 25.8 Å². The molecular weight excluding hydrogens is 377 g/mol. The summed E-state index contributed by atoms with van der Waals surface area (Å²) in [4.78, 5) is 16.2. The van der Waals surface area contributed by atoms with Crippen LogP contribution in [0.15, 0.2) is 18.3 Å². The number of ether oxygens (including phenoxy) is 2. The highest BCUT2D eigenvalue weighted by Crippen LogP contribution is 2.36. The quantitative estimate of drug-likeness (QED) is 0.615. The third-order valence-electron chi connectivity index (χ3n) is 5.48. The van der Waals surface area contributed by atoms with Crippen LogP contribution in [-0.2, 0) is 4.74 Å². The third-order valence-corrected chi connectivity index (χ3v) is 5.48. The molecule has 3 N–H and O–H groups in total. The maximum absolute atomic E-state index is 14.2. The Kier molecular flexibility index (Phi) is 5.55. The van der Waals surface area contributed by atoms with Crippen molar-refractivity contribution in [1.29, 1.82) is 0 Å². The minimum Gasteiger partial charge on any atom is -0.475 e. The van der Waals surface area contributed by atoms with Crippen LogP contribution in [-0.4, -0.2) is 39.5 Å². The summed E-state index contributed by atoms with van der Waals surface area (Å²) < 4.78 is 25.6. The van der Waals surface area contributed by atoms with Gasteiger partial charge in [-0.25, -0.2) is 14.2 Å². The zero-order valence-electron chi connectivity index (χ0n) is 16.6. The minimum absolute atomic E-state index is 0.0433. The van der Waals surface area contributed by atoms with Gasteiger partial charge in [-0.1, -0.05) is 0 Å². The molecule has 2 aromatic rings. The summed E-state index contributed by atoms with van der Waals surface area (Å²) in [6.07, 6.45) is 4.37. The predicted octanol–water partition coefficient (Wildman–Crippen LogP) is 4.00. The molecule has 3 heterocycles. The van der Waals surface area contributed by atoms with Crippen LogP contribution in [0.3, 0.4) is 0 Å². The van der Waals surface area contributed by atoms with E-state index in [-0.39, 0.29) is 35.9 Å². The maximum Gasteiger partial charge on any atom is 0.407 e. The van der Waals surface area contributed by atoms with Gasteiger partial charge in [0.1, 0.15) is 6.10 Å². The molecule has 4 rings (SSSR count). The second kappa shape index (κ2) is 8.26. The summed E-state index contributed by atoms with van der Waals surface area (Å²) >= 11 is 0. The van der Waals surface area contributed by atoms with Gasteiger partial charge in [-0.2, -0.15) is 5.10 Å². The van der Waals surface area contributed by atoms with Crippen LogP contribution in [0.5, 0.6) is 5.88 Å². The van der Waals surface area contributed by atoms with Crippen LogP contribution < -0.4 is 15.4 Å². The summed E-state index contributed by atoms with van der Waals surface area (Å²) in [5, 5.41) is 13.1. The summed E-state index contributed by atoms with van der Waals surface area (Å²) in [5.41, 5.74) is 1.20. The predicted molar refractivity (Wildman–Crippen MR) is 105 cm³/mol. The minimum atomic E-state index is -0.477. The summed E-state index contributed by atoms with van der Waals surface area (Å²) in [5.74, 6) is 0.585. The van der Waals surface area contributed by atoms with Gasteiger partial charge in [-0.05, 0) is 46.0 Å². The number of hydrogen-bond donors (Lipinski definition) is 3. The second-order valence-electron chi connectivity index (χ2n) is 7.92. The Labute approximate surface area is 168 Å². The Balaban J connectivity index is 1.58. The lowest BCUT2D eigenvalue weighted by Gasteiger charge is -2.19. The van der Waals surface area contributed by atoms with Gasteiger partial charge < -0.3 is 20.1 Å². The molecule has 0 radical (unpaired) electrons. The second-order valence-corrected chi connectivity index (χ2v) is 7.92. The number of carbonyl (C=O) groups is 1. The lowest BCUT2D eigenvalue weighted by Crippen LogP contribution is -2.35. The molecule has 9 heteroatoms. The van der Waals surface area contributed by atoms with Crippen LogP contribution in [0.2, 0.25) is 0 Å². The zero-order valence-corrected chi connectivity index (χ0v) is 16.6. The standard InChI is InChI=1S/C20H26FN5O3/c1-11-3-4-12(2)28-19-9-17(15(21)10-22-19)24-18-8-16(25-26-18)13-5-6-14(7-13)29-20(27)23-11/h8-14H,3-7H2,1-2H3,(H,23,27)(H2,24,25,26)/t11-,12-,13?,14+/m0/s1. The van der Waals surface area contributed by atoms with Crippen LogP contribution in [0, 0.1) is 5.82 Å². The molecule has 2 aromatic heterocycles. The molecule has 0 saturated heterocycles. The van der Waals surface area contributed by atoms with Crippen molar-refractivity contribution in [3.63, 3.8) is 0 Å². The van der Waals surface area contributed by atoms with E-state index in [0.717, 1.165) is 37.6 Å². The zero-order chi connectivity index (χ0) is 20.4. The highest BCUT2D eigenvalue weighted by atomic mass is 19.1. The molecule has 1 aliphatic carbocycles. The molecule has 1 fully saturated rings. The van der Waals surface area contributed by atoms with Crippen molar-refractivity contribution >= 4 is 17.6 Å². The number of H-pyrrole nitrogens is 1. The average Bonchev–Trinajstić information content (AvgIpc) is 3.31. The van der Waals surface area contributed by atoms with E-state index in [0.29, 0.717) is 18.1 Å². The number of nitrogens with zero attached hydrogens (tertiary/aromatic N) is 2. The number of amides is 1. The Hall–Kier alpha value is -2.84. The molecule has 1 saturated carbocycles. The number of rotatable bonds is 0. The molecule has 1 unspecified atom stereocenters. The van der Waals surface area contributed by atoms with E-state index in [1.54, 1.807) is 0 Å². The Bertz CT molecular complexity index is 874. The maximum atomic E-state index is 14.2. The number of carbonyl (C=O) groups excluding carboxylic acids is 1. The topological polar surface area (TPSA) is 101 Å². The van der Waals surface area contributed by atoms with Gasteiger partial charge in [-0.3, -0.25) is 5.10 Å². The van der Waals surface area contributed by atoms with Crippen molar-refractivity contribution in [1.82, 2.24) is 20.5 Å². The normalized spacial score (nSPS) is 27.6. The Morgan fingerprint density at radius 3 is 2.86 bits per heavy atom. The lowest BCUT2D eigenvalue weighted by molar-refractivity contribution is 0.0964. The van der Waals surface area contributed by atoms with Gasteiger partial charge >= 0.3 is 6.09 Å². The van der Waals surface area contributed by atoms with Gasteiger partial charge in [-0.15, -0.1) is 0 Å². The van der Waals surface area contributed by atoms with E-state index in [1.807, 2.05) is 19.9 Å². The summed E-state index contributed by atoms with van der Waals surface area (Å²) in [6, 6.07) is 3.35. The van der Waals surface area contributed by atoms with Gasteiger partial charge in [0.15, 0.2) is 11.6 Å². The van der Waals surface area contributed by atoms with E-state index in [9.17, 15) is 9.18 Å². The van der Waals surface area contributed by atoms with Gasteiger partial charge in [0.25, 0.3) is 0 Å². The highest BCUT2D eigenvalue weighted by Gasteiger charge is 2.30. The fourth-order valence-electron chi connectivity index (χ4n) is 3.87. The van der Waals surface area contributed by atoms with Crippen LogP contribution in [0.25, 0.3) is 0 Å². The first-order valence-corrected chi connectivity index (χ1v) is 10.1. The molecule has 6 bridgehead atoms. The van der Waals surface area contributed by atoms with Crippen molar-refractivity contribution < 1.29 is 18.7 Å². The van der Waals surface area contributed by atoms with E-state index < -0.39 is 5.82 Å². The van der Waals surface area contributed by atoms with E-state index in [1.165, 1.54) is 6.07 Å². The Morgan fingerprint density at radius 2 is 2.00 bits per heavy atom. The van der Waals surface area contributed by atoms with Crippen molar-refractivity contribution in [3.05, 3.63) is 29.8 Å². The van der Waals surface area contributed by atoms with Crippen molar-refractivity contribution in [2.24, 2.45) is 0 Å². The number of alkyl carbamates (subject to hydrolysis) is 1. The SMILES string of the molecule is C[C@H]1CC[C@H](C)Oc2cc(c(F)cn2)Nc2cc([nH]n2)C2CC[C@H](C2)OC(=O)N1. The fraction of sp³-hybridized carbons (Fsp3) is 0.550. The van der Waals surface area contributed by atoms with Crippen LogP contribution in [0.4, 0.5) is 20.7 Å². The van der Waals surface area contributed by atoms with E-state index >= 15 is 0 Å². The van der Waals surface area contributed by atoms with Crippen molar-refractivity contribution in [2.45, 2.75) is 70.1 Å². The fourth-order valence-corrected chi connectivity index (χ4v) is 3.87. The van der Waals surface area contributed by atoms with Crippen LogP contribution in [0.1, 0.15) is 57.6 Å². The molecular formula is C20H26FN5O3. The Morgan fingerprint density at radius 1 is 1.14 bits per heavy atom. The van der Waals surface area contributed by atoms with Gasteiger partial charge in [0.2, 0.25) is 5.88 Å². The number of aromatic nitrogens is 3. The molecule has 0 aromatic carbocycles. The van der Waals surface area contributed by atoms with E-state index in [4.69, 9.17) is 9.47 Å². The molecule has 1 amide bonds. The third kappa shape index (κ3) is 4.78. The number of aromatic amines is 1. The lowest BCUT2D eigenvalue weighted by atomic mass is 10.0.